The van der Waals surface area contributed by atoms with E-state index in [-0.39, 0.29) is 6.29 Å². The second-order valence-corrected chi connectivity index (χ2v) is 7.36. The van der Waals surface area contributed by atoms with Gasteiger partial charge in [0.1, 0.15) is 0 Å². The highest BCUT2D eigenvalue weighted by atomic mass is 32.1. The van der Waals surface area contributed by atoms with E-state index in [1.807, 2.05) is 17.5 Å². The zero-order chi connectivity index (χ0) is 15.5. The van der Waals surface area contributed by atoms with Crippen molar-refractivity contribution in [3.63, 3.8) is 0 Å². The number of ether oxygens (including phenoxy) is 2. The van der Waals surface area contributed by atoms with Crippen molar-refractivity contribution in [2.24, 2.45) is 0 Å². The van der Waals surface area contributed by atoms with Gasteiger partial charge in [-0.05, 0) is 18.4 Å². The highest BCUT2D eigenvalue weighted by Crippen LogP contribution is 2.38. The van der Waals surface area contributed by atoms with Crippen molar-refractivity contribution in [3.05, 3.63) is 51.5 Å². The maximum atomic E-state index is 5.51. The van der Waals surface area contributed by atoms with Gasteiger partial charge in [0.05, 0.1) is 18.2 Å². The minimum absolute atomic E-state index is 0.181. The fourth-order valence-corrected chi connectivity index (χ4v) is 3.98. The first-order chi connectivity index (χ1) is 11.4. The first-order valence-corrected chi connectivity index (χ1v) is 9.17. The van der Waals surface area contributed by atoms with Crippen LogP contribution < -0.4 is 5.32 Å². The van der Waals surface area contributed by atoms with Gasteiger partial charge in [-0.25, -0.2) is 4.98 Å². The van der Waals surface area contributed by atoms with E-state index in [4.69, 9.17) is 9.47 Å². The van der Waals surface area contributed by atoms with Gasteiger partial charge in [0.25, 0.3) is 0 Å². The number of rotatable bonds is 6. The normalized spacial score (nSPS) is 19.1. The molecule has 0 atom stereocenters. The predicted molar refractivity (Wildman–Crippen MR) is 90.3 cm³/mol. The third-order valence-corrected chi connectivity index (χ3v) is 5.69. The summed E-state index contributed by atoms with van der Waals surface area (Å²) in [7, 11) is 0. The fourth-order valence-electron chi connectivity index (χ4n) is 2.92. The minimum Gasteiger partial charge on any atom is -0.346 e. The monoisotopic (exact) mass is 330 g/mol. The third kappa shape index (κ3) is 3.63. The third-order valence-electron chi connectivity index (χ3n) is 4.53. The molecule has 1 aliphatic carbocycles. The van der Waals surface area contributed by atoms with Gasteiger partial charge in [-0.1, -0.05) is 30.7 Å². The molecule has 1 aliphatic heterocycles. The molecular formula is C18H22N2O2S. The first-order valence-electron chi connectivity index (χ1n) is 8.36. The molecule has 1 saturated heterocycles. The van der Waals surface area contributed by atoms with Crippen LogP contribution in [0.3, 0.4) is 0 Å². The fraction of sp³-hybridized carbons (Fsp3) is 0.500. The van der Waals surface area contributed by atoms with Gasteiger partial charge in [-0.15, -0.1) is 11.3 Å². The van der Waals surface area contributed by atoms with Crippen molar-refractivity contribution in [1.29, 1.82) is 0 Å². The number of hydrogen-bond donors (Lipinski definition) is 1. The summed E-state index contributed by atoms with van der Waals surface area (Å²) in [6.07, 6.45) is 5.86. The molecule has 0 spiro atoms. The minimum atomic E-state index is -0.181. The van der Waals surface area contributed by atoms with E-state index < -0.39 is 0 Å². The molecule has 1 aromatic heterocycles. The molecule has 0 radical (unpaired) electrons. The zero-order valence-electron chi connectivity index (χ0n) is 13.2. The Labute approximate surface area is 140 Å². The molecule has 0 amide bonds. The lowest BCUT2D eigenvalue weighted by Gasteiger charge is -2.22. The van der Waals surface area contributed by atoms with Crippen LogP contribution in [-0.2, 0) is 22.6 Å². The van der Waals surface area contributed by atoms with Gasteiger partial charge in [-0.3, -0.25) is 0 Å². The number of nitrogens with one attached hydrogen (secondary N) is 1. The van der Waals surface area contributed by atoms with Gasteiger partial charge in [0, 0.05) is 35.6 Å². The Morgan fingerprint density at radius 2 is 1.87 bits per heavy atom. The van der Waals surface area contributed by atoms with Crippen molar-refractivity contribution in [2.75, 3.05) is 13.2 Å². The number of thiazole rings is 1. The van der Waals surface area contributed by atoms with E-state index >= 15 is 0 Å². The van der Waals surface area contributed by atoms with Gasteiger partial charge >= 0.3 is 0 Å². The summed E-state index contributed by atoms with van der Waals surface area (Å²) in [6, 6.07) is 8.46. The Hall–Kier alpha value is -1.27. The SMILES string of the molecule is c1cc(C2OCCO2)ccc1CNCc1cnc(C2CCC2)s1. The molecule has 1 N–H and O–H groups in total. The first kappa shape index (κ1) is 15.3. The number of benzene rings is 1. The van der Waals surface area contributed by atoms with E-state index in [0.29, 0.717) is 13.2 Å². The molecular weight excluding hydrogens is 308 g/mol. The van der Waals surface area contributed by atoms with Crippen molar-refractivity contribution in [3.8, 4) is 0 Å². The van der Waals surface area contributed by atoms with Crippen LogP contribution >= 0.6 is 11.3 Å². The van der Waals surface area contributed by atoms with Crippen molar-refractivity contribution in [2.45, 2.75) is 44.6 Å². The molecule has 1 aromatic carbocycles. The molecule has 4 nitrogen and oxygen atoms in total. The molecule has 2 aliphatic rings. The van der Waals surface area contributed by atoms with Crippen LogP contribution in [0.15, 0.2) is 30.5 Å². The summed E-state index contributed by atoms with van der Waals surface area (Å²) in [5.74, 6) is 0.737. The van der Waals surface area contributed by atoms with Crippen LogP contribution in [-0.4, -0.2) is 18.2 Å². The maximum absolute atomic E-state index is 5.51. The average molecular weight is 330 g/mol. The highest BCUT2D eigenvalue weighted by molar-refractivity contribution is 7.11. The Bertz CT molecular complexity index is 631. The summed E-state index contributed by atoms with van der Waals surface area (Å²) in [4.78, 5) is 5.90. The average Bonchev–Trinajstić information content (AvgIpc) is 3.18. The van der Waals surface area contributed by atoms with Crippen molar-refractivity contribution in [1.82, 2.24) is 10.3 Å². The second-order valence-electron chi connectivity index (χ2n) is 6.21. The van der Waals surface area contributed by atoms with E-state index in [9.17, 15) is 0 Å². The summed E-state index contributed by atoms with van der Waals surface area (Å²) < 4.78 is 11.0. The van der Waals surface area contributed by atoms with E-state index in [1.165, 1.54) is 34.7 Å². The molecule has 5 heteroatoms. The van der Waals surface area contributed by atoms with E-state index in [0.717, 1.165) is 24.6 Å². The molecule has 0 unspecified atom stereocenters. The second kappa shape index (κ2) is 7.09. The lowest BCUT2D eigenvalue weighted by molar-refractivity contribution is -0.0441. The molecule has 2 fully saturated rings. The van der Waals surface area contributed by atoms with Gasteiger partial charge in [0.2, 0.25) is 0 Å². The van der Waals surface area contributed by atoms with Crippen molar-refractivity contribution < 1.29 is 9.47 Å². The van der Waals surface area contributed by atoms with E-state index in [2.05, 4.69) is 34.6 Å². The van der Waals surface area contributed by atoms with Crippen LogP contribution in [0, 0.1) is 0 Å². The largest absolute Gasteiger partial charge is 0.346 e. The number of aromatic nitrogens is 1. The van der Waals surface area contributed by atoms with Gasteiger partial charge in [0.15, 0.2) is 6.29 Å². The summed E-state index contributed by atoms with van der Waals surface area (Å²) >= 11 is 1.86. The zero-order valence-corrected chi connectivity index (χ0v) is 14.0. The van der Waals surface area contributed by atoms with Crippen LogP contribution in [0.4, 0.5) is 0 Å². The summed E-state index contributed by atoms with van der Waals surface area (Å²) in [5.41, 5.74) is 2.37. The smallest absolute Gasteiger partial charge is 0.184 e. The van der Waals surface area contributed by atoms with Crippen LogP contribution in [0.25, 0.3) is 0 Å². The quantitative estimate of drug-likeness (QED) is 0.876. The van der Waals surface area contributed by atoms with E-state index in [1.54, 1.807) is 0 Å². The Morgan fingerprint density at radius 1 is 1.09 bits per heavy atom. The Kier molecular flexibility index (Phi) is 4.71. The van der Waals surface area contributed by atoms with Crippen LogP contribution in [0.1, 0.15) is 52.5 Å². The predicted octanol–water partition coefficient (Wildman–Crippen LogP) is 3.75. The number of hydrogen-bond acceptors (Lipinski definition) is 5. The lowest BCUT2D eigenvalue weighted by atomic mass is 9.86. The topological polar surface area (TPSA) is 43.4 Å². The van der Waals surface area contributed by atoms with Crippen LogP contribution in [0.2, 0.25) is 0 Å². The van der Waals surface area contributed by atoms with Crippen molar-refractivity contribution >= 4 is 11.3 Å². The Balaban J connectivity index is 1.26. The molecule has 23 heavy (non-hydrogen) atoms. The molecule has 1 saturated carbocycles. The lowest BCUT2D eigenvalue weighted by Crippen LogP contribution is -2.12. The summed E-state index contributed by atoms with van der Waals surface area (Å²) in [6.45, 7) is 3.13. The number of nitrogens with zero attached hydrogens (tertiary/aromatic N) is 1. The highest BCUT2D eigenvalue weighted by Gasteiger charge is 2.22. The molecule has 2 heterocycles. The Morgan fingerprint density at radius 3 is 2.57 bits per heavy atom. The molecule has 2 aromatic rings. The molecule has 0 bridgehead atoms. The maximum Gasteiger partial charge on any atom is 0.184 e. The van der Waals surface area contributed by atoms with Gasteiger partial charge in [-0.2, -0.15) is 0 Å². The summed E-state index contributed by atoms with van der Waals surface area (Å²) in [5, 5.41) is 4.83. The molecule has 4 rings (SSSR count). The van der Waals surface area contributed by atoms with Gasteiger partial charge < -0.3 is 14.8 Å². The molecule has 122 valence electrons. The standard InChI is InChI=1S/C18H22N2O2S/c1-2-14(3-1)17-20-12-16(23-17)11-19-10-13-4-6-15(7-5-13)18-21-8-9-22-18/h4-7,12,14,18-19H,1-3,8-11H2. The van der Waals surface area contributed by atoms with Crippen LogP contribution in [0.5, 0.6) is 0 Å².